The molecule has 0 aromatic heterocycles. The number of halogens is 1. The Morgan fingerprint density at radius 3 is 2.58 bits per heavy atom. The summed E-state index contributed by atoms with van der Waals surface area (Å²) in [6.07, 6.45) is 1.61. The van der Waals surface area contributed by atoms with Crippen LogP contribution in [0.5, 0.6) is 0 Å². The molecule has 0 aliphatic rings. The summed E-state index contributed by atoms with van der Waals surface area (Å²) in [7, 11) is 0. The van der Waals surface area contributed by atoms with Crippen molar-refractivity contribution < 1.29 is 19.8 Å². The molecule has 0 saturated heterocycles. The fraction of sp³-hybridized carbons (Fsp3) is 0.800. The molecule has 0 bridgehead atoms. The number of rotatable bonds is 5. The second kappa shape index (κ2) is 8.50. The van der Waals surface area contributed by atoms with Gasteiger partial charge in [0.05, 0.1) is 0 Å². The van der Waals surface area contributed by atoms with Crippen LogP contribution < -0.4 is 0 Å². The van der Waals surface area contributed by atoms with Crippen LogP contribution in [0.15, 0.2) is 0 Å². The monoisotopic (exact) mass is 291 g/mol. The van der Waals surface area contributed by atoms with Crippen molar-refractivity contribution in [2.24, 2.45) is 0 Å². The average Bonchev–Trinajstić information content (AvgIpc) is 1.97. The molecular formula is C5H10INO5. The minimum Gasteiger partial charge on any atom is -0.261 e. The SMILES string of the molecule is CCCCC(=O)OO[N+](=O)[O-].I. The number of hydrogen-bond donors (Lipinski definition) is 0. The van der Waals surface area contributed by atoms with Crippen LogP contribution in [0.25, 0.3) is 0 Å². The molecule has 0 rings (SSSR count). The summed E-state index contributed by atoms with van der Waals surface area (Å²) in [4.78, 5) is 27.1. The molecule has 0 amide bonds. The van der Waals surface area contributed by atoms with Gasteiger partial charge in [-0.05, 0) is 6.42 Å². The molecular weight excluding hydrogens is 281 g/mol. The van der Waals surface area contributed by atoms with Crippen molar-refractivity contribution in [3.8, 4) is 0 Å². The molecule has 0 atom stereocenters. The minimum absolute atomic E-state index is 0. The Morgan fingerprint density at radius 1 is 1.58 bits per heavy atom. The number of nitrogens with zero attached hydrogens (tertiary/aromatic N) is 1. The second-order valence-electron chi connectivity index (χ2n) is 1.86. The first-order valence-electron chi connectivity index (χ1n) is 3.18. The summed E-state index contributed by atoms with van der Waals surface area (Å²) in [6.45, 7) is 1.89. The third kappa shape index (κ3) is 9.40. The van der Waals surface area contributed by atoms with Gasteiger partial charge in [0, 0.05) is 6.42 Å². The zero-order chi connectivity index (χ0) is 8.69. The Labute approximate surface area is 86.3 Å². The van der Waals surface area contributed by atoms with Gasteiger partial charge in [0.15, 0.2) is 0 Å². The first kappa shape index (κ1) is 14.0. The van der Waals surface area contributed by atoms with Gasteiger partial charge < -0.3 is 0 Å². The van der Waals surface area contributed by atoms with Crippen molar-refractivity contribution in [1.29, 1.82) is 0 Å². The standard InChI is InChI=1S/C5H9NO5.HI/c1-2-3-4-5(7)10-11-6(8)9;/h2-4H2,1H3;1H. The first-order chi connectivity index (χ1) is 5.16. The average molecular weight is 291 g/mol. The van der Waals surface area contributed by atoms with E-state index in [1.807, 2.05) is 6.92 Å². The van der Waals surface area contributed by atoms with E-state index in [1.54, 1.807) is 0 Å². The zero-order valence-corrected chi connectivity index (χ0v) is 8.85. The third-order valence-electron chi connectivity index (χ3n) is 0.926. The van der Waals surface area contributed by atoms with Crippen molar-refractivity contribution in [3.63, 3.8) is 0 Å². The van der Waals surface area contributed by atoms with Gasteiger partial charge in [-0.25, -0.2) is 4.79 Å². The van der Waals surface area contributed by atoms with Crippen LogP contribution in [0.2, 0.25) is 0 Å². The fourth-order valence-corrected chi connectivity index (χ4v) is 0.435. The van der Waals surface area contributed by atoms with Gasteiger partial charge in [-0.3, -0.25) is 4.89 Å². The maximum absolute atomic E-state index is 10.5. The Hall–Kier alpha value is -0.600. The van der Waals surface area contributed by atoms with Gasteiger partial charge in [0.1, 0.15) is 0 Å². The molecule has 0 saturated carbocycles. The van der Waals surface area contributed by atoms with Gasteiger partial charge in [0.25, 0.3) is 0 Å². The summed E-state index contributed by atoms with van der Waals surface area (Å²) < 4.78 is 0. The normalized spacial score (nSPS) is 8.08. The lowest BCUT2D eigenvalue weighted by atomic mass is 10.3. The van der Waals surface area contributed by atoms with Gasteiger partial charge in [-0.15, -0.1) is 34.1 Å². The topological polar surface area (TPSA) is 78.7 Å². The third-order valence-corrected chi connectivity index (χ3v) is 0.926. The maximum atomic E-state index is 10.5. The zero-order valence-electron chi connectivity index (χ0n) is 6.52. The largest absolute Gasteiger partial charge is 0.343 e. The highest BCUT2D eigenvalue weighted by Gasteiger charge is 2.04. The van der Waals surface area contributed by atoms with Gasteiger partial charge in [-0.2, -0.15) is 0 Å². The van der Waals surface area contributed by atoms with Gasteiger partial charge in [-0.1, -0.05) is 18.3 Å². The lowest BCUT2D eigenvalue weighted by Crippen LogP contribution is -2.08. The second-order valence-corrected chi connectivity index (χ2v) is 1.86. The quantitative estimate of drug-likeness (QED) is 0.331. The number of carbonyl (C=O) groups excluding carboxylic acids is 1. The van der Waals surface area contributed by atoms with Crippen molar-refractivity contribution in [1.82, 2.24) is 0 Å². The smallest absolute Gasteiger partial charge is 0.261 e. The summed E-state index contributed by atoms with van der Waals surface area (Å²) in [5, 5.41) is 8.31. The van der Waals surface area contributed by atoms with Crippen LogP contribution in [-0.4, -0.2) is 11.1 Å². The van der Waals surface area contributed by atoms with E-state index in [9.17, 15) is 14.9 Å². The van der Waals surface area contributed by atoms with E-state index in [1.165, 1.54) is 0 Å². The Morgan fingerprint density at radius 2 is 2.17 bits per heavy atom. The van der Waals surface area contributed by atoms with Crippen LogP contribution in [0, 0.1) is 10.1 Å². The Kier molecular flexibility index (Phi) is 9.88. The van der Waals surface area contributed by atoms with Crippen LogP contribution in [-0.2, 0) is 14.7 Å². The number of carbonyl (C=O) groups is 1. The molecule has 6 nitrogen and oxygen atoms in total. The van der Waals surface area contributed by atoms with E-state index < -0.39 is 11.1 Å². The van der Waals surface area contributed by atoms with Crippen molar-refractivity contribution >= 4 is 29.9 Å². The predicted octanol–water partition coefficient (Wildman–Crippen LogP) is 1.46. The molecule has 72 valence electrons. The molecule has 7 heteroatoms. The lowest BCUT2D eigenvalue weighted by molar-refractivity contribution is -0.839. The van der Waals surface area contributed by atoms with E-state index in [0.717, 1.165) is 6.42 Å². The van der Waals surface area contributed by atoms with E-state index >= 15 is 0 Å². The highest BCUT2D eigenvalue weighted by Crippen LogP contribution is 1.96. The van der Waals surface area contributed by atoms with Crippen LogP contribution >= 0.6 is 24.0 Å². The molecule has 0 radical (unpaired) electrons. The van der Waals surface area contributed by atoms with Crippen LogP contribution in [0.4, 0.5) is 0 Å². The van der Waals surface area contributed by atoms with E-state index in [4.69, 9.17) is 0 Å². The number of hydrogen-bond acceptors (Lipinski definition) is 5. The minimum atomic E-state index is -1.18. The molecule has 0 aliphatic heterocycles. The molecule has 0 fully saturated rings. The Bertz CT molecular complexity index is 151. The van der Waals surface area contributed by atoms with E-state index in [-0.39, 0.29) is 30.4 Å². The molecule has 12 heavy (non-hydrogen) atoms. The van der Waals surface area contributed by atoms with Crippen LogP contribution in [0.1, 0.15) is 26.2 Å². The van der Waals surface area contributed by atoms with Gasteiger partial charge >= 0.3 is 11.1 Å². The molecule has 0 aromatic rings. The Balaban J connectivity index is 0. The van der Waals surface area contributed by atoms with Crippen LogP contribution in [0.3, 0.4) is 0 Å². The highest BCUT2D eigenvalue weighted by molar-refractivity contribution is 14.0. The van der Waals surface area contributed by atoms with E-state index in [2.05, 4.69) is 9.88 Å². The molecule has 0 aliphatic carbocycles. The maximum Gasteiger partial charge on any atom is 0.343 e. The molecule has 0 unspecified atom stereocenters. The lowest BCUT2D eigenvalue weighted by Gasteiger charge is -1.96. The van der Waals surface area contributed by atoms with Crippen molar-refractivity contribution in [3.05, 3.63) is 10.1 Å². The summed E-state index contributed by atoms with van der Waals surface area (Å²) in [5.41, 5.74) is 0. The molecule has 0 N–H and O–H groups in total. The molecule has 0 spiro atoms. The highest BCUT2D eigenvalue weighted by atomic mass is 127. The molecule has 0 heterocycles. The van der Waals surface area contributed by atoms with Crippen molar-refractivity contribution in [2.45, 2.75) is 26.2 Å². The van der Waals surface area contributed by atoms with E-state index in [0.29, 0.717) is 6.42 Å². The predicted molar refractivity (Wildman–Crippen MR) is 49.1 cm³/mol. The summed E-state index contributed by atoms with van der Waals surface area (Å²) >= 11 is 0. The van der Waals surface area contributed by atoms with Crippen molar-refractivity contribution in [2.75, 3.05) is 0 Å². The summed E-state index contributed by atoms with van der Waals surface area (Å²) in [5.74, 6) is -0.719. The number of unbranched alkanes of at least 4 members (excludes halogenated alkanes) is 1. The van der Waals surface area contributed by atoms with Gasteiger partial charge in [0.2, 0.25) is 0 Å². The summed E-state index contributed by atoms with van der Waals surface area (Å²) in [6, 6.07) is 0. The fourth-order valence-electron chi connectivity index (χ4n) is 0.435. The molecule has 0 aromatic carbocycles. The first-order valence-corrected chi connectivity index (χ1v) is 3.18.